The van der Waals surface area contributed by atoms with Gasteiger partial charge >= 0.3 is 0 Å². The van der Waals surface area contributed by atoms with Crippen LogP contribution in [0.25, 0.3) is 0 Å². The lowest BCUT2D eigenvalue weighted by Gasteiger charge is -2.12. The van der Waals surface area contributed by atoms with E-state index in [2.05, 4.69) is 24.3 Å². The average molecular weight is 391 g/mol. The Morgan fingerprint density at radius 1 is 1.00 bits per heavy atom. The molecule has 26 heavy (non-hydrogen) atoms. The van der Waals surface area contributed by atoms with Crippen molar-refractivity contribution in [2.24, 2.45) is 0 Å². The third kappa shape index (κ3) is 7.72. The maximum atomic E-state index is 12.4. The molecule has 2 rings (SSSR count). The fourth-order valence-electron chi connectivity index (χ4n) is 2.15. The molecule has 0 unspecified atom stereocenters. The van der Waals surface area contributed by atoms with Crippen LogP contribution < -0.4 is 10.1 Å². The summed E-state index contributed by atoms with van der Waals surface area (Å²) in [6.07, 6.45) is 0. The molecule has 0 atom stereocenters. The van der Waals surface area contributed by atoms with Crippen LogP contribution in [0.3, 0.4) is 0 Å². The minimum absolute atomic E-state index is 0.0902. The fraction of sp³-hybridized carbons (Fsp3) is 0.350. The number of amides is 1. The Balaban J connectivity index is 1.76. The van der Waals surface area contributed by atoms with E-state index in [0.717, 1.165) is 23.6 Å². The highest BCUT2D eigenvalue weighted by Crippen LogP contribution is 2.21. The van der Waals surface area contributed by atoms with Gasteiger partial charge in [0.2, 0.25) is 0 Å². The maximum Gasteiger partial charge on any atom is 0.255 e. The van der Waals surface area contributed by atoms with Crippen LogP contribution in [-0.4, -0.2) is 49.5 Å². The summed E-state index contributed by atoms with van der Waals surface area (Å²) < 4.78 is 5.85. The van der Waals surface area contributed by atoms with Gasteiger partial charge in [0, 0.05) is 24.6 Å². The summed E-state index contributed by atoms with van der Waals surface area (Å²) in [4.78, 5) is 14.6. The van der Waals surface area contributed by atoms with Gasteiger partial charge in [0.05, 0.1) is 5.56 Å². The first kappa shape index (κ1) is 20.7. The standard InChI is InChI=1S/C20H26N2O2S2/c1-22(2)13-15-26-25-14-12-21-20(23)18-10-6-7-11-19(18)24-16-17-8-4-3-5-9-17/h3-11H,12-16H2,1-2H3,(H,21,23). The van der Waals surface area contributed by atoms with Crippen LogP contribution in [0.2, 0.25) is 0 Å². The second kappa shape index (κ2) is 11.9. The smallest absolute Gasteiger partial charge is 0.255 e. The summed E-state index contributed by atoms with van der Waals surface area (Å²) >= 11 is 0. The summed E-state index contributed by atoms with van der Waals surface area (Å²) in [5.41, 5.74) is 1.66. The van der Waals surface area contributed by atoms with Crippen LogP contribution in [0.4, 0.5) is 0 Å². The van der Waals surface area contributed by atoms with Crippen LogP contribution >= 0.6 is 21.6 Å². The molecule has 0 spiro atoms. The largest absolute Gasteiger partial charge is 0.488 e. The van der Waals surface area contributed by atoms with Gasteiger partial charge in [-0.15, -0.1) is 0 Å². The number of nitrogens with zero attached hydrogens (tertiary/aromatic N) is 1. The summed E-state index contributed by atoms with van der Waals surface area (Å²) in [7, 11) is 7.77. The molecule has 0 saturated carbocycles. The predicted molar refractivity (Wildman–Crippen MR) is 113 cm³/mol. The van der Waals surface area contributed by atoms with Gasteiger partial charge in [-0.05, 0) is 31.8 Å². The molecular formula is C20H26N2O2S2. The minimum Gasteiger partial charge on any atom is -0.488 e. The zero-order valence-electron chi connectivity index (χ0n) is 15.3. The van der Waals surface area contributed by atoms with Crippen LogP contribution in [0.15, 0.2) is 54.6 Å². The first-order valence-corrected chi connectivity index (χ1v) is 11.1. The number of carbonyl (C=O) groups is 1. The Hall–Kier alpha value is -1.63. The van der Waals surface area contributed by atoms with Gasteiger partial charge in [-0.25, -0.2) is 0 Å². The quantitative estimate of drug-likeness (QED) is 0.465. The number of para-hydroxylation sites is 1. The van der Waals surface area contributed by atoms with Crippen molar-refractivity contribution in [3.63, 3.8) is 0 Å². The minimum atomic E-state index is -0.0902. The Labute approximate surface area is 164 Å². The van der Waals surface area contributed by atoms with E-state index in [1.165, 1.54) is 0 Å². The first-order valence-electron chi connectivity index (χ1n) is 8.60. The van der Waals surface area contributed by atoms with E-state index in [1.807, 2.05) is 59.3 Å². The summed E-state index contributed by atoms with van der Waals surface area (Å²) in [5, 5.41) is 2.97. The van der Waals surface area contributed by atoms with Gasteiger partial charge in [-0.2, -0.15) is 0 Å². The molecule has 0 bridgehead atoms. The molecule has 0 aliphatic heterocycles. The van der Waals surface area contributed by atoms with E-state index in [0.29, 0.717) is 24.5 Å². The lowest BCUT2D eigenvalue weighted by atomic mass is 10.2. The van der Waals surface area contributed by atoms with Gasteiger partial charge in [-0.1, -0.05) is 64.1 Å². The molecule has 1 amide bonds. The molecule has 6 heteroatoms. The third-order valence-electron chi connectivity index (χ3n) is 3.54. The van der Waals surface area contributed by atoms with Gasteiger partial charge < -0.3 is 15.0 Å². The number of hydrogen-bond acceptors (Lipinski definition) is 5. The van der Waals surface area contributed by atoms with Gasteiger partial charge in [0.25, 0.3) is 5.91 Å². The maximum absolute atomic E-state index is 12.4. The SMILES string of the molecule is CN(C)CCSSCCNC(=O)c1ccccc1OCc1ccccc1. The number of carbonyl (C=O) groups excluding carboxylic acids is 1. The van der Waals surface area contributed by atoms with Crippen molar-refractivity contribution in [2.75, 3.05) is 38.7 Å². The number of rotatable bonds is 11. The summed E-state index contributed by atoms with van der Waals surface area (Å²) in [6.45, 7) is 2.16. The Kier molecular flexibility index (Phi) is 9.45. The molecule has 0 heterocycles. The molecule has 0 aromatic heterocycles. The Bertz CT molecular complexity index is 666. The average Bonchev–Trinajstić information content (AvgIpc) is 2.66. The summed E-state index contributed by atoms with van der Waals surface area (Å²) in [5.74, 6) is 2.49. The molecule has 0 saturated heterocycles. The predicted octanol–water partition coefficient (Wildman–Crippen LogP) is 3.94. The molecule has 2 aromatic carbocycles. The molecular weight excluding hydrogens is 364 g/mol. The van der Waals surface area contributed by atoms with E-state index in [1.54, 1.807) is 16.9 Å². The van der Waals surface area contributed by atoms with Crippen LogP contribution in [0.5, 0.6) is 5.75 Å². The third-order valence-corrected chi connectivity index (χ3v) is 5.93. The number of benzene rings is 2. The van der Waals surface area contributed by atoms with Crippen molar-refractivity contribution < 1.29 is 9.53 Å². The normalized spacial score (nSPS) is 10.7. The van der Waals surface area contributed by atoms with Crippen molar-refractivity contribution >= 4 is 27.5 Å². The number of ether oxygens (including phenoxy) is 1. The first-order chi connectivity index (χ1) is 12.7. The highest BCUT2D eigenvalue weighted by molar-refractivity contribution is 8.76. The van der Waals surface area contributed by atoms with Crippen LogP contribution in [0.1, 0.15) is 15.9 Å². The fourth-order valence-corrected chi connectivity index (χ4v) is 4.20. The lowest BCUT2D eigenvalue weighted by Crippen LogP contribution is -2.26. The molecule has 0 fully saturated rings. The van der Waals surface area contributed by atoms with Crippen LogP contribution in [-0.2, 0) is 6.61 Å². The number of hydrogen-bond donors (Lipinski definition) is 1. The van der Waals surface area contributed by atoms with Gasteiger partial charge in [-0.3, -0.25) is 4.79 Å². The van der Waals surface area contributed by atoms with E-state index in [9.17, 15) is 4.79 Å². The Morgan fingerprint density at radius 2 is 1.69 bits per heavy atom. The summed E-state index contributed by atoms with van der Waals surface area (Å²) in [6, 6.07) is 17.3. The highest BCUT2D eigenvalue weighted by Gasteiger charge is 2.11. The number of nitrogens with one attached hydrogen (secondary N) is 1. The van der Waals surface area contributed by atoms with Gasteiger partial charge in [0.15, 0.2) is 0 Å². The van der Waals surface area contributed by atoms with Crippen molar-refractivity contribution in [1.29, 1.82) is 0 Å². The zero-order chi connectivity index (χ0) is 18.6. The van der Waals surface area contributed by atoms with Crippen molar-refractivity contribution in [2.45, 2.75) is 6.61 Å². The molecule has 140 valence electrons. The second-order valence-electron chi connectivity index (χ2n) is 5.97. The second-order valence-corrected chi connectivity index (χ2v) is 8.68. The Morgan fingerprint density at radius 3 is 2.46 bits per heavy atom. The lowest BCUT2D eigenvalue weighted by molar-refractivity contribution is 0.0951. The molecule has 0 radical (unpaired) electrons. The van der Waals surface area contributed by atoms with Gasteiger partial charge in [0.1, 0.15) is 12.4 Å². The van der Waals surface area contributed by atoms with E-state index in [-0.39, 0.29) is 5.91 Å². The highest BCUT2D eigenvalue weighted by atomic mass is 33.1. The van der Waals surface area contributed by atoms with Crippen molar-refractivity contribution in [3.8, 4) is 5.75 Å². The molecule has 0 aliphatic carbocycles. The monoisotopic (exact) mass is 390 g/mol. The van der Waals surface area contributed by atoms with E-state index in [4.69, 9.17) is 4.74 Å². The molecule has 2 aromatic rings. The van der Waals surface area contributed by atoms with Crippen LogP contribution in [0, 0.1) is 0 Å². The molecule has 0 aliphatic rings. The van der Waals surface area contributed by atoms with E-state index < -0.39 is 0 Å². The van der Waals surface area contributed by atoms with Crippen molar-refractivity contribution in [3.05, 3.63) is 65.7 Å². The molecule has 1 N–H and O–H groups in total. The van der Waals surface area contributed by atoms with Crippen molar-refractivity contribution in [1.82, 2.24) is 10.2 Å². The zero-order valence-corrected chi connectivity index (χ0v) is 16.9. The molecule has 4 nitrogen and oxygen atoms in total. The topological polar surface area (TPSA) is 41.6 Å². The van der Waals surface area contributed by atoms with E-state index >= 15 is 0 Å².